The van der Waals surface area contributed by atoms with Gasteiger partial charge < -0.3 is 20.3 Å². The van der Waals surface area contributed by atoms with E-state index in [1.165, 1.54) is 0 Å². The van der Waals surface area contributed by atoms with Crippen molar-refractivity contribution >= 4 is 11.2 Å². The number of hydrogen-bond donors (Lipinski definition) is 3. The molecule has 92 valence electrons. The second-order valence-corrected chi connectivity index (χ2v) is 2.91. The first-order chi connectivity index (χ1) is 12.2. The zero-order valence-corrected chi connectivity index (χ0v) is 8.11. The molecule has 0 aliphatic carbocycles. The largest absolute Gasteiger partial charge is 0.412 e. The smallest absolute Gasteiger partial charge is 0.206 e. The lowest BCUT2D eigenvalue weighted by Gasteiger charge is -2.35. The van der Waals surface area contributed by atoms with Crippen molar-refractivity contribution in [2.75, 3.05) is 6.56 Å². The van der Waals surface area contributed by atoms with E-state index < -0.39 is 43.3 Å². The number of ether oxygens (including phenoxy) is 1. The zero-order valence-electron chi connectivity index (χ0n) is 18.1. The monoisotopic (exact) mass is 249 g/mol. The van der Waals surface area contributed by atoms with E-state index in [1.807, 2.05) is 0 Å². The standard InChI is InChI=1S/C9H11N5O2.H2O/c10-8-7-9(12-3-11-8)14(4-13-7)6-1-5(2-15)16-6;/h3-6,15H,1-2H2,(H2,10,11,12);1H2/t5-,6+;/m0./s1/i1D2,2D2,3D,4D,5D,6D;/hD2. The number of imidazole rings is 1. The Balaban J connectivity index is 0.000000817. The van der Waals surface area contributed by atoms with Gasteiger partial charge in [0.15, 0.2) is 5.49 Å². The molecule has 3 heterocycles. The first kappa shape index (κ1) is 4.48. The summed E-state index contributed by atoms with van der Waals surface area (Å²) in [6.45, 7) is -3.42. The predicted molar refractivity (Wildman–Crippen MR) is 57.0 cm³/mol. The summed E-state index contributed by atoms with van der Waals surface area (Å²) in [5, 5.41) is 17.0. The second-order valence-electron chi connectivity index (χ2n) is 2.91. The molecule has 17 heavy (non-hydrogen) atoms. The van der Waals surface area contributed by atoms with Crippen LogP contribution in [0.1, 0.15) is 23.5 Å². The average Bonchev–Trinajstić information content (AvgIpc) is 2.83. The molecule has 0 unspecified atom stereocenters. The first-order valence-electron chi connectivity index (χ1n) is 9.01. The first-order valence-corrected chi connectivity index (χ1v) is 4.20. The number of aromatic nitrogens is 4. The Labute approximate surface area is 110 Å². The summed E-state index contributed by atoms with van der Waals surface area (Å²) >= 11 is 0. The Morgan fingerprint density at radius 1 is 2.00 bits per heavy atom. The molecule has 0 radical (unpaired) electrons. The summed E-state index contributed by atoms with van der Waals surface area (Å²) in [4.78, 5) is 9.46. The van der Waals surface area contributed by atoms with Crippen LogP contribution in [0.3, 0.4) is 0 Å². The van der Waals surface area contributed by atoms with Gasteiger partial charge in [-0.3, -0.25) is 9.98 Å². The minimum Gasteiger partial charge on any atom is -0.412 e. The highest BCUT2D eigenvalue weighted by Gasteiger charge is 2.31. The summed E-state index contributed by atoms with van der Waals surface area (Å²) in [7, 11) is 0. The fourth-order valence-electron chi connectivity index (χ4n) is 1.28. The maximum atomic E-state index is 9.38. The molecule has 0 amide bonds. The van der Waals surface area contributed by atoms with E-state index in [0.717, 1.165) is 0 Å². The molecule has 0 saturated carbocycles. The Kier molecular flexibility index (Phi) is 1.12. The molecule has 1 aliphatic rings. The van der Waals surface area contributed by atoms with Gasteiger partial charge in [-0.1, -0.05) is 0 Å². The van der Waals surface area contributed by atoms with Crippen LogP contribution in [0.25, 0.3) is 11.2 Å². The van der Waals surface area contributed by atoms with E-state index in [4.69, 9.17) is 24.0 Å². The van der Waals surface area contributed by atoms with Gasteiger partial charge in [0.2, 0.25) is 2.86 Å². The quantitative estimate of drug-likeness (QED) is 0.610. The summed E-state index contributed by atoms with van der Waals surface area (Å²) in [5.41, 5.74) is 1.75. The van der Waals surface area contributed by atoms with Gasteiger partial charge in [0.1, 0.15) is 20.1 Å². The third-order valence-electron chi connectivity index (χ3n) is 2.00. The summed E-state index contributed by atoms with van der Waals surface area (Å²) in [6.07, 6.45) is -10.3. The molecule has 8 heteroatoms. The molecule has 1 saturated heterocycles. The number of nitrogens with zero attached hydrogens (tertiary/aromatic N) is 3. The lowest BCUT2D eigenvalue weighted by atomic mass is 10.1. The van der Waals surface area contributed by atoms with Gasteiger partial charge in [-0.05, 0) is 0 Å². The van der Waals surface area contributed by atoms with Crippen LogP contribution in [0.2, 0.25) is 0 Å². The third-order valence-corrected chi connectivity index (χ3v) is 2.00. The lowest BCUT2D eigenvalue weighted by molar-refractivity contribution is -0.178. The third kappa shape index (κ3) is 1.71. The number of fused-ring (bicyclic) bond motifs is 1. The van der Waals surface area contributed by atoms with Crippen LogP contribution in [0.5, 0.6) is 0 Å². The Morgan fingerprint density at radius 2 is 2.82 bits per heavy atom. The summed E-state index contributed by atoms with van der Waals surface area (Å²) in [5.74, 6) is 0. The fraction of sp³-hybridized carbons (Fsp3) is 0.444. The molecule has 2 aromatic heterocycles. The SMILES string of the molecule is [2H]O[2H].[2H]c1nc(=N)c2nc([2H])n([C@]3([2H])O[C@]([2H])(C([2H])([2H])O)C3([2H])[2H])c2[nH]1. The molecule has 2 atom stereocenters. The van der Waals surface area contributed by atoms with Gasteiger partial charge in [0.05, 0.1) is 30.7 Å². The fourth-order valence-corrected chi connectivity index (χ4v) is 1.28. The van der Waals surface area contributed by atoms with Crippen molar-refractivity contribution in [1.82, 2.24) is 19.5 Å². The number of rotatable bonds is 2. The van der Waals surface area contributed by atoms with E-state index in [0.29, 0.717) is 4.57 Å². The highest BCUT2D eigenvalue weighted by atomic mass is 16.5. The molecule has 0 aromatic carbocycles. The van der Waals surface area contributed by atoms with Crippen molar-refractivity contribution in [3.63, 3.8) is 0 Å². The van der Waals surface area contributed by atoms with Gasteiger partial charge in [-0.25, -0.2) is 9.97 Å². The predicted octanol–water partition coefficient (Wildman–Crippen LogP) is -1.31. The minimum absolute atomic E-state index is 0.225. The minimum atomic E-state index is -3.42. The highest BCUT2D eigenvalue weighted by Crippen LogP contribution is 2.31. The van der Waals surface area contributed by atoms with Crippen LogP contribution in [0, 0.1) is 5.41 Å². The summed E-state index contributed by atoms with van der Waals surface area (Å²) in [6, 6.07) is 0. The van der Waals surface area contributed by atoms with E-state index in [-0.39, 0.29) is 11.2 Å². The molecular weight excluding hydrogens is 226 g/mol. The van der Waals surface area contributed by atoms with Crippen molar-refractivity contribution in [3.05, 3.63) is 18.1 Å². The van der Waals surface area contributed by atoms with E-state index in [9.17, 15) is 5.11 Å². The van der Waals surface area contributed by atoms with Gasteiger partial charge >= 0.3 is 0 Å². The normalized spacial score (nSPS) is 43.6. The average molecular weight is 249 g/mol. The van der Waals surface area contributed by atoms with Gasteiger partial charge in [-0.15, -0.1) is 0 Å². The molecule has 8 nitrogen and oxygen atoms in total. The van der Waals surface area contributed by atoms with Gasteiger partial charge in [0, 0.05) is 9.11 Å². The van der Waals surface area contributed by atoms with Crippen LogP contribution >= 0.6 is 0 Å². The molecule has 1 fully saturated rings. The molecule has 2 aromatic rings. The van der Waals surface area contributed by atoms with Gasteiger partial charge in [-0.2, -0.15) is 0 Å². The topological polar surface area (TPSA) is 131 Å². The Bertz CT molecular complexity index is 927. The van der Waals surface area contributed by atoms with Crippen LogP contribution in [-0.4, -0.2) is 45.6 Å². The molecular formula is C9H13N5O3. The van der Waals surface area contributed by atoms with E-state index in [2.05, 4.69) is 20.4 Å². The van der Waals surface area contributed by atoms with Crippen molar-refractivity contribution in [1.29, 1.82) is 8.27 Å². The maximum Gasteiger partial charge on any atom is 0.206 e. The van der Waals surface area contributed by atoms with Crippen LogP contribution < -0.4 is 5.49 Å². The van der Waals surface area contributed by atoms with E-state index in [1.54, 1.807) is 0 Å². The van der Waals surface area contributed by atoms with Crippen LogP contribution in [0.15, 0.2) is 12.6 Å². The highest BCUT2D eigenvalue weighted by molar-refractivity contribution is 5.68. The summed E-state index contributed by atoms with van der Waals surface area (Å²) < 4.78 is 77.3. The Hall–Kier alpha value is -1.77. The van der Waals surface area contributed by atoms with Crippen molar-refractivity contribution in [3.8, 4) is 0 Å². The van der Waals surface area contributed by atoms with Crippen molar-refractivity contribution < 1.29 is 26.3 Å². The number of nitrogens with one attached hydrogen (secondary N) is 2. The van der Waals surface area contributed by atoms with Crippen molar-refractivity contribution in [2.24, 2.45) is 0 Å². The second kappa shape index (κ2) is 4.24. The maximum absolute atomic E-state index is 9.38. The molecule has 1 aliphatic heterocycles. The van der Waals surface area contributed by atoms with E-state index >= 15 is 0 Å². The number of H-pyrrole nitrogens is 1. The Morgan fingerprint density at radius 3 is 3.53 bits per heavy atom. The lowest BCUT2D eigenvalue weighted by Crippen LogP contribution is -2.37. The molecule has 3 rings (SSSR count). The van der Waals surface area contributed by atoms with Crippen molar-refractivity contribution in [2.45, 2.75) is 18.7 Å². The molecule has 5 N–H and O–H groups in total. The molecule has 0 spiro atoms. The molecule has 0 bridgehead atoms. The van der Waals surface area contributed by atoms with Crippen LogP contribution in [0.4, 0.5) is 0 Å². The number of aromatic amines is 1. The number of aliphatic hydroxyl groups is 1. The number of hydrogen-bond acceptors (Lipinski definition) is 5. The zero-order chi connectivity index (χ0) is 21.0. The van der Waals surface area contributed by atoms with Gasteiger partial charge in [0.25, 0.3) is 0 Å². The van der Waals surface area contributed by atoms with Crippen LogP contribution in [-0.2, 0) is 4.74 Å².